The normalized spacial score (nSPS) is 13.3. The summed E-state index contributed by atoms with van der Waals surface area (Å²) in [6, 6.07) is 9.70. The number of thiazole rings is 1. The van der Waals surface area contributed by atoms with Crippen LogP contribution in [0.2, 0.25) is 0 Å². The molecule has 0 aliphatic heterocycles. The highest BCUT2D eigenvalue weighted by molar-refractivity contribution is 7.22. The van der Waals surface area contributed by atoms with Crippen LogP contribution in [0.3, 0.4) is 0 Å². The minimum absolute atomic E-state index is 0.730. The quantitative estimate of drug-likeness (QED) is 0.455. The van der Waals surface area contributed by atoms with Gasteiger partial charge in [0.2, 0.25) is 0 Å². The van der Waals surface area contributed by atoms with Crippen molar-refractivity contribution in [2.45, 2.75) is 6.42 Å². The molecule has 6 nitrogen and oxygen atoms in total. The second kappa shape index (κ2) is 7.96. The van der Waals surface area contributed by atoms with Crippen molar-refractivity contribution >= 4 is 26.7 Å². The van der Waals surface area contributed by atoms with Crippen LogP contribution in [0.4, 0.5) is 5.13 Å². The zero-order chi connectivity index (χ0) is 20.3. The standard InChI is InChI=1S/C23H19N5OS/c1-28-15-16(14-25-28)21-12-19(10-11-24-21)29-18-8-9-20-22(13-18)30-23(27-20)26-17-6-4-2-3-5-7-17/h2-6,8-15H,7H2,1H3,(H,26,27). The van der Waals surface area contributed by atoms with Crippen molar-refractivity contribution in [3.63, 3.8) is 0 Å². The van der Waals surface area contributed by atoms with E-state index in [1.54, 1.807) is 28.4 Å². The lowest BCUT2D eigenvalue weighted by atomic mass is 10.2. The molecular weight excluding hydrogens is 394 g/mol. The monoisotopic (exact) mass is 413 g/mol. The summed E-state index contributed by atoms with van der Waals surface area (Å²) in [6.45, 7) is 0. The second-order valence-corrected chi connectivity index (χ2v) is 7.89. The van der Waals surface area contributed by atoms with Gasteiger partial charge in [0.1, 0.15) is 11.5 Å². The lowest BCUT2D eigenvalue weighted by molar-refractivity contribution is 0.483. The molecule has 0 amide bonds. The van der Waals surface area contributed by atoms with Gasteiger partial charge in [-0.05, 0) is 24.3 Å². The van der Waals surface area contributed by atoms with Crippen LogP contribution in [-0.2, 0) is 7.05 Å². The average Bonchev–Trinajstić information content (AvgIpc) is 3.26. The van der Waals surface area contributed by atoms with Gasteiger partial charge < -0.3 is 10.1 Å². The average molecular weight is 414 g/mol. The molecule has 7 heteroatoms. The fraction of sp³-hybridized carbons (Fsp3) is 0.0870. The van der Waals surface area contributed by atoms with Crippen LogP contribution in [0.1, 0.15) is 6.42 Å². The van der Waals surface area contributed by atoms with E-state index >= 15 is 0 Å². The molecule has 1 aliphatic rings. The Bertz CT molecular complexity index is 1300. The Morgan fingerprint density at radius 2 is 2.03 bits per heavy atom. The SMILES string of the molecule is Cn1cc(-c2cc(Oc3ccc4nc(NC5=CC=CC=CC5)sc4c3)ccn2)cn1. The summed E-state index contributed by atoms with van der Waals surface area (Å²) in [5.41, 5.74) is 3.84. The Morgan fingerprint density at radius 1 is 1.10 bits per heavy atom. The molecule has 1 aromatic carbocycles. The molecule has 0 bridgehead atoms. The third kappa shape index (κ3) is 4.01. The van der Waals surface area contributed by atoms with Gasteiger partial charge in [-0.1, -0.05) is 35.6 Å². The van der Waals surface area contributed by atoms with Crippen LogP contribution >= 0.6 is 11.3 Å². The van der Waals surface area contributed by atoms with Crippen molar-refractivity contribution in [1.29, 1.82) is 0 Å². The predicted octanol–water partition coefficient (Wildman–Crippen LogP) is 5.70. The van der Waals surface area contributed by atoms with E-state index in [1.165, 1.54) is 0 Å². The number of rotatable bonds is 5. The highest BCUT2D eigenvalue weighted by atomic mass is 32.1. The molecule has 3 aromatic heterocycles. The number of aryl methyl sites for hydroxylation is 1. The molecule has 1 N–H and O–H groups in total. The lowest BCUT2D eigenvalue weighted by Gasteiger charge is -2.06. The first-order chi connectivity index (χ1) is 14.7. The third-order valence-electron chi connectivity index (χ3n) is 4.59. The Balaban J connectivity index is 1.36. The molecule has 0 spiro atoms. The Kier molecular flexibility index (Phi) is 4.86. The van der Waals surface area contributed by atoms with Gasteiger partial charge in [0.05, 0.1) is 22.1 Å². The Hall–Kier alpha value is -3.71. The van der Waals surface area contributed by atoms with E-state index in [-0.39, 0.29) is 0 Å². The number of pyridine rings is 1. The molecule has 0 atom stereocenters. The molecule has 30 heavy (non-hydrogen) atoms. The minimum Gasteiger partial charge on any atom is -0.457 e. The van der Waals surface area contributed by atoms with Crippen LogP contribution in [0.5, 0.6) is 11.5 Å². The number of benzene rings is 1. The van der Waals surface area contributed by atoms with Gasteiger partial charge in [-0.3, -0.25) is 9.67 Å². The molecule has 4 aromatic rings. The minimum atomic E-state index is 0.730. The predicted molar refractivity (Wildman–Crippen MR) is 121 cm³/mol. The van der Waals surface area contributed by atoms with Crippen LogP contribution in [0.25, 0.3) is 21.5 Å². The van der Waals surface area contributed by atoms with Crippen LogP contribution in [0, 0.1) is 0 Å². The van der Waals surface area contributed by atoms with Crippen LogP contribution in [0.15, 0.2) is 85.0 Å². The smallest absolute Gasteiger partial charge is 0.188 e. The van der Waals surface area contributed by atoms with Gasteiger partial charge in [0.15, 0.2) is 5.13 Å². The fourth-order valence-corrected chi connectivity index (χ4v) is 4.08. The van der Waals surface area contributed by atoms with Gasteiger partial charge in [-0.15, -0.1) is 0 Å². The first-order valence-corrected chi connectivity index (χ1v) is 10.4. The summed E-state index contributed by atoms with van der Waals surface area (Å²) in [7, 11) is 1.89. The molecule has 3 heterocycles. The molecule has 0 fully saturated rings. The highest BCUT2D eigenvalue weighted by Crippen LogP contribution is 2.32. The fourth-order valence-electron chi connectivity index (χ4n) is 3.15. The lowest BCUT2D eigenvalue weighted by Crippen LogP contribution is -1.97. The third-order valence-corrected chi connectivity index (χ3v) is 5.52. The highest BCUT2D eigenvalue weighted by Gasteiger charge is 2.09. The first-order valence-electron chi connectivity index (χ1n) is 9.56. The summed E-state index contributed by atoms with van der Waals surface area (Å²) in [5, 5.41) is 8.49. The number of aromatic nitrogens is 4. The molecule has 1 aliphatic carbocycles. The van der Waals surface area contributed by atoms with Gasteiger partial charge in [-0.25, -0.2) is 4.98 Å². The topological polar surface area (TPSA) is 64.9 Å². The maximum atomic E-state index is 6.09. The first kappa shape index (κ1) is 18.3. The van der Waals surface area contributed by atoms with Crippen molar-refractivity contribution < 1.29 is 4.74 Å². The van der Waals surface area contributed by atoms with Crippen molar-refractivity contribution in [1.82, 2.24) is 19.7 Å². The van der Waals surface area contributed by atoms with Crippen molar-refractivity contribution in [2.24, 2.45) is 7.05 Å². The van der Waals surface area contributed by atoms with E-state index in [0.717, 1.165) is 50.2 Å². The molecule has 0 unspecified atom stereocenters. The number of nitrogens with one attached hydrogen (secondary N) is 1. The summed E-state index contributed by atoms with van der Waals surface area (Å²) in [5.74, 6) is 1.49. The number of ether oxygens (including phenoxy) is 1. The maximum absolute atomic E-state index is 6.09. The zero-order valence-corrected chi connectivity index (χ0v) is 17.1. The van der Waals surface area contributed by atoms with E-state index < -0.39 is 0 Å². The maximum Gasteiger partial charge on any atom is 0.188 e. The van der Waals surface area contributed by atoms with Crippen LogP contribution < -0.4 is 10.1 Å². The number of fused-ring (bicyclic) bond motifs is 1. The molecule has 0 saturated heterocycles. The molecule has 0 saturated carbocycles. The van der Waals surface area contributed by atoms with Crippen molar-refractivity contribution in [3.05, 3.63) is 85.0 Å². The van der Waals surface area contributed by atoms with Gasteiger partial charge >= 0.3 is 0 Å². The molecule has 148 valence electrons. The Morgan fingerprint density at radius 3 is 2.93 bits per heavy atom. The number of anilines is 1. The molecule has 5 rings (SSSR count). The number of hydrogen-bond donors (Lipinski definition) is 1. The Labute approximate surface area is 177 Å². The van der Waals surface area contributed by atoms with Crippen molar-refractivity contribution in [3.8, 4) is 22.8 Å². The second-order valence-electron chi connectivity index (χ2n) is 6.86. The number of nitrogens with zero attached hydrogens (tertiary/aromatic N) is 4. The van der Waals surface area contributed by atoms with Gasteiger partial charge in [-0.2, -0.15) is 5.10 Å². The van der Waals surface area contributed by atoms with Gasteiger partial charge in [0.25, 0.3) is 0 Å². The van der Waals surface area contributed by atoms with Gasteiger partial charge in [0, 0.05) is 49.3 Å². The molecular formula is C23H19N5OS. The van der Waals surface area contributed by atoms with E-state index in [9.17, 15) is 0 Å². The molecule has 0 radical (unpaired) electrons. The van der Waals surface area contributed by atoms with E-state index in [1.807, 2.05) is 61.8 Å². The number of allylic oxidation sites excluding steroid dienone is 5. The summed E-state index contributed by atoms with van der Waals surface area (Å²) < 4.78 is 8.91. The van der Waals surface area contributed by atoms with Crippen molar-refractivity contribution in [2.75, 3.05) is 5.32 Å². The van der Waals surface area contributed by atoms with E-state index in [2.05, 4.69) is 32.5 Å². The summed E-state index contributed by atoms with van der Waals surface area (Å²) >= 11 is 1.61. The summed E-state index contributed by atoms with van der Waals surface area (Å²) in [4.78, 5) is 9.10. The summed E-state index contributed by atoms with van der Waals surface area (Å²) in [6.07, 6.45) is 16.6. The largest absolute Gasteiger partial charge is 0.457 e. The van der Waals surface area contributed by atoms with E-state index in [0.29, 0.717) is 0 Å². The van der Waals surface area contributed by atoms with E-state index in [4.69, 9.17) is 4.74 Å². The van der Waals surface area contributed by atoms with Crippen LogP contribution in [-0.4, -0.2) is 19.7 Å². The number of hydrogen-bond acceptors (Lipinski definition) is 6. The zero-order valence-electron chi connectivity index (χ0n) is 16.3.